The van der Waals surface area contributed by atoms with Crippen LogP contribution in [0.2, 0.25) is 0 Å². The Morgan fingerprint density at radius 2 is 1.35 bits per heavy atom. The Hall–Kier alpha value is 1.10. The standard InChI is InChI=1S/C12H7Br5/c13-10-7-11(14,15)9(6-12(10,16)17)8-4-2-1-3-5-8/h1-7H. The number of benzene rings is 1. The van der Waals surface area contributed by atoms with Crippen molar-refractivity contribution in [3.05, 3.63) is 52.5 Å². The Balaban J connectivity index is 2.54. The minimum Gasteiger partial charge on any atom is -0.0627 e. The van der Waals surface area contributed by atoms with Gasteiger partial charge in [0, 0.05) is 4.48 Å². The van der Waals surface area contributed by atoms with E-state index in [0.29, 0.717) is 0 Å². The molecule has 0 N–H and O–H groups in total. The molecule has 90 valence electrons. The zero-order valence-electron chi connectivity index (χ0n) is 8.43. The van der Waals surface area contributed by atoms with Crippen molar-refractivity contribution in [2.45, 2.75) is 6.47 Å². The van der Waals surface area contributed by atoms with E-state index in [1.54, 1.807) is 0 Å². The lowest BCUT2D eigenvalue weighted by atomic mass is 9.98. The molecule has 0 fully saturated rings. The van der Waals surface area contributed by atoms with Gasteiger partial charge in [-0.25, -0.2) is 0 Å². The minimum atomic E-state index is -0.356. The average Bonchev–Trinajstić information content (AvgIpc) is 2.25. The molecule has 0 aromatic heterocycles. The third-order valence-corrected chi connectivity index (χ3v) is 6.94. The smallest absolute Gasteiger partial charge is 0.0627 e. The number of halogens is 5. The fourth-order valence-electron chi connectivity index (χ4n) is 1.57. The van der Waals surface area contributed by atoms with E-state index in [4.69, 9.17) is 0 Å². The molecule has 0 spiro atoms. The molecule has 2 rings (SSSR count). The van der Waals surface area contributed by atoms with Crippen LogP contribution in [0.3, 0.4) is 0 Å². The Morgan fingerprint density at radius 3 is 1.94 bits per heavy atom. The highest BCUT2D eigenvalue weighted by molar-refractivity contribution is 9.27. The van der Waals surface area contributed by atoms with Crippen LogP contribution in [-0.4, -0.2) is 6.47 Å². The minimum absolute atomic E-state index is 0.351. The van der Waals surface area contributed by atoms with Crippen LogP contribution in [-0.2, 0) is 0 Å². The quantitative estimate of drug-likeness (QED) is 0.359. The maximum atomic E-state index is 3.69. The number of hydrogen-bond donors (Lipinski definition) is 0. The van der Waals surface area contributed by atoms with Gasteiger partial charge in [-0.05, 0) is 23.3 Å². The lowest BCUT2D eigenvalue weighted by Crippen LogP contribution is -2.23. The summed E-state index contributed by atoms with van der Waals surface area (Å²) in [6.07, 6.45) is 4.19. The Morgan fingerprint density at radius 1 is 0.765 bits per heavy atom. The van der Waals surface area contributed by atoms with Gasteiger partial charge in [-0.2, -0.15) is 0 Å². The fraction of sp³-hybridized carbons (Fsp3) is 0.167. The summed E-state index contributed by atoms with van der Waals surface area (Å²) in [7, 11) is 0. The van der Waals surface area contributed by atoms with Crippen LogP contribution < -0.4 is 0 Å². The molecular formula is C12H7Br5. The predicted octanol–water partition coefficient (Wildman–Crippen LogP) is 6.33. The Kier molecular flexibility index (Phi) is 4.47. The van der Waals surface area contributed by atoms with Crippen LogP contribution in [0.5, 0.6) is 0 Å². The first kappa shape index (κ1) is 14.5. The van der Waals surface area contributed by atoms with Crippen molar-refractivity contribution in [2.24, 2.45) is 0 Å². The predicted molar refractivity (Wildman–Crippen MR) is 92.6 cm³/mol. The molecule has 0 radical (unpaired) electrons. The van der Waals surface area contributed by atoms with Gasteiger partial charge in [0.1, 0.15) is 6.47 Å². The summed E-state index contributed by atoms with van der Waals surface area (Å²) >= 11 is 18.2. The van der Waals surface area contributed by atoms with Gasteiger partial charge >= 0.3 is 0 Å². The summed E-state index contributed by atoms with van der Waals surface area (Å²) in [5, 5.41) is 0. The molecule has 0 nitrogen and oxygen atoms in total. The Labute approximate surface area is 143 Å². The number of rotatable bonds is 1. The fourth-order valence-corrected chi connectivity index (χ4v) is 4.48. The van der Waals surface area contributed by atoms with Crippen LogP contribution >= 0.6 is 79.6 Å². The van der Waals surface area contributed by atoms with Gasteiger partial charge < -0.3 is 0 Å². The van der Waals surface area contributed by atoms with Crippen molar-refractivity contribution in [3.63, 3.8) is 0 Å². The SMILES string of the molecule is BrC1=CC(Br)(Br)C(c2ccccc2)=CC1(Br)Br. The first-order valence-corrected chi connectivity index (χ1v) is 8.73. The first-order valence-electron chi connectivity index (χ1n) is 4.76. The average molecular weight is 551 g/mol. The summed E-state index contributed by atoms with van der Waals surface area (Å²) < 4.78 is 0.306. The molecule has 0 saturated carbocycles. The highest BCUT2D eigenvalue weighted by Gasteiger charge is 2.38. The molecule has 1 aromatic carbocycles. The summed E-state index contributed by atoms with van der Waals surface area (Å²) in [4.78, 5) is 0. The van der Waals surface area contributed by atoms with Gasteiger partial charge in [-0.1, -0.05) is 110 Å². The highest BCUT2D eigenvalue weighted by atomic mass is 79.9. The molecule has 1 aliphatic carbocycles. The van der Waals surface area contributed by atoms with Gasteiger partial charge in [0.05, 0.1) is 0 Å². The first-order chi connectivity index (χ1) is 7.83. The van der Waals surface area contributed by atoms with Crippen molar-refractivity contribution in [1.29, 1.82) is 0 Å². The lowest BCUT2D eigenvalue weighted by Gasteiger charge is -2.31. The van der Waals surface area contributed by atoms with E-state index in [1.807, 2.05) is 18.2 Å². The van der Waals surface area contributed by atoms with Crippen molar-refractivity contribution >= 4 is 85.2 Å². The van der Waals surface area contributed by atoms with Crippen molar-refractivity contribution < 1.29 is 0 Å². The third-order valence-electron chi connectivity index (χ3n) is 2.40. The van der Waals surface area contributed by atoms with Crippen molar-refractivity contribution in [1.82, 2.24) is 0 Å². The monoisotopic (exact) mass is 546 g/mol. The second-order valence-electron chi connectivity index (χ2n) is 3.66. The summed E-state index contributed by atoms with van der Waals surface area (Å²) in [5.41, 5.74) is 2.32. The molecule has 1 aromatic rings. The topological polar surface area (TPSA) is 0 Å². The highest BCUT2D eigenvalue weighted by Crippen LogP contribution is 2.53. The van der Waals surface area contributed by atoms with Gasteiger partial charge in [-0.15, -0.1) is 0 Å². The molecule has 17 heavy (non-hydrogen) atoms. The summed E-state index contributed by atoms with van der Waals surface area (Å²) in [6.45, 7) is 0. The third kappa shape index (κ3) is 3.16. The molecule has 1 aliphatic rings. The molecule has 5 heteroatoms. The van der Waals surface area contributed by atoms with Crippen LogP contribution in [0.4, 0.5) is 0 Å². The van der Waals surface area contributed by atoms with E-state index >= 15 is 0 Å². The van der Waals surface area contributed by atoms with Crippen molar-refractivity contribution in [3.8, 4) is 0 Å². The van der Waals surface area contributed by atoms with Crippen molar-refractivity contribution in [2.75, 3.05) is 0 Å². The molecule has 0 heterocycles. The van der Waals surface area contributed by atoms with Gasteiger partial charge in [0.25, 0.3) is 0 Å². The van der Waals surface area contributed by atoms with Gasteiger partial charge in [-0.3, -0.25) is 0 Å². The van der Waals surface area contributed by atoms with E-state index in [-0.39, 0.29) is 6.47 Å². The van der Waals surface area contributed by atoms with Crippen LogP contribution in [0.15, 0.2) is 47.0 Å². The van der Waals surface area contributed by atoms with Crippen LogP contribution in [0.1, 0.15) is 5.56 Å². The normalized spacial score (nSPS) is 21.7. The van der Waals surface area contributed by atoms with Gasteiger partial charge in [0.2, 0.25) is 0 Å². The summed E-state index contributed by atoms with van der Waals surface area (Å²) in [6, 6.07) is 10.3. The molecule has 0 amide bonds. The maximum Gasteiger partial charge on any atom is 0.130 e. The largest absolute Gasteiger partial charge is 0.130 e. The molecule has 0 saturated heterocycles. The Bertz CT molecular complexity index is 485. The van der Waals surface area contributed by atoms with Crippen LogP contribution in [0, 0.1) is 0 Å². The zero-order valence-corrected chi connectivity index (χ0v) is 16.4. The van der Waals surface area contributed by atoms with E-state index in [2.05, 4.69) is 104 Å². The van der Waals surface area contributed by atoms with E-state index < -0.39 is 0 Å². The number of alkyl halides is 4. The molecule has 0 atom stereocenters. The molecule has 0 unspecified atom stereocenters. The van der Waals surface area contributed by atoms with Crippen LogP contribution in [0.25, 0.3) is 5.57 Å². The molecule has 0 aliphatic heterocycles. The molecule has 0 bridgehead atoms. The summed E-state index contributed by atoms with van der Waals surface area (Å²) in [5.74, 6) is 0. The maximum absolute atomic E-state index is 3.69. The second kappa shape index (κ2) is 5.23. The van der Waals surface area contributed by atoms with E-state index in [0.717, 1.165) is 10.1 Å². The lowest BCUT2D eigenvalue weighted by molar-refractivity contribution is 1.21. The number of allylic oxidation sites excluding steroid dienone is 4. The van der Waals surface area contributed by atoms with E-state index in [1.165, 1.54) is 5.56 Å². The molecular weight excluding hydrogens is 544 g/mol. The van der Waals surface area contributed by atoms with E-state index in [9.17, 15) is 0 Å². The second-order valence-corrected chi connectivity index (χ2v) is 11.6. The number of hydrogen-bond acceptors (Lipinski definition) is 0. The zero-order chi connectivity index (χ0) is 12.7. The van der Waals surface area contributed by atoms with Gasteiger partial charge in [0.15, 0.2) is 0 Å².